The van der Waals surface area contributed by atoms with Crippen LogP contribution < -0.4 is 20.1 Å². The first kappa shape index (κ1) is 22.1. The Morgan fingerprint density at radius 3 is 2.09 bits per heavy atom. The SMILES string of the molecule is COc1ccc(-c2cc(NC(=O)c3ccc(NC(=O)c4cccs4)cc3)ccc2OC)cc1. The Kier molecular flexibility index (Phi) is 6.71. The number of methoxy groups -OCH3 is 2. The number of rotatable bonds is 7. The van der Waals surface area contributed by atoms with Gasteiger partial charge in [-0.1, -0.05) is 18.2 Å². The topological polar surface area (TPSA) is 76.7 Å². The molecule has 0 bridgehead atoms. The van der Waals surface area contributed by atoms with E-state index in [1.54, 1.807) is 50.6 Å². The van der Waals surface area contributed by atoms with Crippen molar-refractivity contribution in [2.75, 3.05) is 24.9 Å². The fraction of sp³-hybridized carbons (Fsp3) is 0.0769. The Labute approximate surface area is 195 Å². The normalized spacial score (nSPS) is 10.4. The minimum absolute atomic E-state index is 0.175. The first-order valence-electron chi connectivity index (χ1n) is 10.2. The molecule has 166 valence electrons. The maximum absolute atomic E-state index is 12.8. The summed E-state index contributed by atoms with van der Waals surface area (Å²) < 4.78 is 10.7. The number of hydrogen-bond acceptors (Lipinski definition) is 5. The number of benzene rings is 3. The molecule has 33 heavy (non-hydrogen) atoms. The number of carbonyl (C=O) groups is 2. The van der Waals surface area contributed by atoms with E-state index in [4.69, 9.17) is 9.47 Å². The van der Waals surface area contributed by atoms with Gasteiger partial charge in [0.2, 0.25) is 0 Å². The number of hydrogen-bond donors (Lipinski definition) is 2. The summed E-state index contributed by atoms with van der Waals surface area (Å²) in [5.74, 6) is 1.03. The van der Waals surface area contributed by atoms with Gasteiger partial charge in [0, 0.05) is 22.5 Å². The van der Waals surface area contributed by atoms with E-state index in [0.717, 1.165) is 16.9 Å². The van der Waals surface area contributed by atoms with Crippen molar-refractivity contribution in [3.8, 4) is 22.6 Å². The molecule has 4 rings (SSSR count). The zero-order valence-corrected chi connectivity index (χ0v) is 18.9. The highest BCUT2D eigenvalue weighted by Gasteiger charge is 2.12. The Bertz CT molecular complexity index is 1250. The van der Waals surface area contributed by atoms with Crippen LogP contribution in [-0.4, -0.2) is 26.0 Å². The molecule has 2 amide bonds. The molecule has 2 N–H and O–H groups in total. The standard InChI is InChI=1S/C26H22N2O4S/c1-31-21-12-7-17(8-13-21)22-16-20(11-14-23(22)32-2)28-25(29)18-5-9-19(10-6-18)27-26(30)24-4-3-15-33-24/h3-16H,1-2H3,(H,27,30)(H,28,29). The van der Waals surface area contributed by atoms with E-state index >= 15 is 0 Å². The van der Waals surface area contributed by atoms with E-state index in [1.807, 2.05) is 47.8 Å². The molecule has 0 saturated heterocycles. The smallest absolute Gasteiger partial charge is 0.265 e. The number of carbonyl (C=O) groups excluding carboxylic acids is 2. The van der Waals surface area contributed by atoms with Gasteiger partial charge in [0.25, 0.3) is 11.8 Å². The van der Waals surface area contributed by atoms with Crippen LogP contribution >= 0.6 is 11.3 Å². The van der Waals surface area contributed by atoms with Crippen molar-refractivity contribution in [3.63, 3.8) is 0 Å². The van der Waals surface area contributed by atoms with Gasteiger partial charge in [-0.25, -0.2) is 0 Å². The van der Waals surface area contributed by atoms with E-state index in [1.165, 1.54) is 11.3 Å². The number of ether oxygens (including phenoxy) is 2. The molecule has 0 aliphatic heterocycles. The second-order valence-electron chi connectivity index (χ2n) is 7.11. The molecule has 0 unspecified atom stereocenters. The van der Waals surface area contributed by atoms with Gasteiger partial charge in [-0.05, 0) is 71.6 Å². The molecule has 0 radical (unpaired) electrons. The molecule has 0 aliphatic carbocycles. The summed E-state index contributed by atoms with van der Waals surface area (Å²) in [5.41, 5.74) is 3.53. The third-order valence-corrected chi connectivity index (χ3v) is 5.88. The van der Waals surface area contributed by atoms with Crippen molar-refractivity contribution in [3.05, 3.63) is 94.7 Å². The molecule has 3 aromatic carbocycles. The summed E-state index contributed by atoms with van der Waals surface area (Å²) in [6.45, 7) is 0. The van der Waals surface area contributed by atoms with Crippen LogP contribution in [0.2, 0.25) is 0 Å². The Morgan fingerprint density at radius 2 is 1.45 bits per heavy atom. The molecule has 1 aromatic heterocycles. The zero-order valence-electron chi connectivity index (χ0n) is 18.1. The highest BCUT2D eigenvalue weighted by Crippen LogP contribution is 2.33. The summed E-state index contributed by atoms with van der Waals surface area (Å²) in [6.07, 6.45) is 0. The van der Waals surface area contributed by atoms with Crippen LogP contribution in [0.1, 0.15) is 20.0 Å². The van der Waals surface area contributed by atoms with Gasteiger partial charge < -0.3 is 20.1 Å². The van der Waals surface area contributed by atoms with Gasteiger partial charge in [-0.3, -0.25) is 9.59 Å². The lowest BCUT2D eigenvalue weighted by Crippen LogP contribution is -2.13. The van der Waals surface area contributed by atoms with Crippen molar-refractivity contribution in [1.82, 2.24) is 0 Å². The number of nitrogens with one attached hydrogen (secondary N) is 2. The van der Waals surface area contributed by atoms with Crippen LogP contribution in [0.4, 0.5) is 11.4 Å². The van der Waals surface area contributed by atoms with Crippen molar-refractivity contribution in [2.24, 2.45) is 0 Å². The molecule has 6 nitrogen and oxygen atoms in total. The highest BCUT2D eigenvalue weighted by atomic mass is 32.1. The third kappa shape index (κ3) is 5.22. The molecule has 0 spiro atoms. The molecule has 4 aromatic rings. The third-order valence-electron chi connectivity index (χ3n) is 5.01. The molecule has 0 atom stereocenters. The van der Waals surface area contributed by atoms with Gasteiger partial charge in [0.05, 0.1) is 19.1 Å². The Balaban J connectivity index is 1.48. The van der Waals surface area contributed by atoms with Crippen molar-refractivity contribution >= 4 is 34.5 Å². The van der Waals surface area contributed by atoms with E-state index < -0.39 is 0 Å². The van der Waals surface area contributed by atoms with Crippen LogP contribution in [0, 0.1) is 0 Å². The van der Waals surface area contributed by atoms with Crippen molar-refractivity contribution < 1.29 is 19.1 Å². The summed E-state index contributed by atoms with van der Waals surface area (Å²) in [4.78, 5) is 25.6. The van der Waals surface area contributed by atoms with Crippen LogP contribution in [0.3, 0.4) is 0 Å². The van der Waals surface area contributed by atoms with Crippen molar-refractivity contribution in [1.29, 1.82) is 0 Å². The maximum atomic E-state index is 12.8. The fourth-order valence-corrected chi connectivity index (χ4v) is 3.91. The van der Waals surface area contributed by atoms with E-state index in [9.17, 15) is 9.59 Å². The molecule has 0 saturated carbocycles. The lowest BCUT2D eigenvalue weighted by molar-refractivity contribution is 0.102. The molecular formula is C26H22N2O4S. The molecule has 0 fully saturated rings. The quantitative estimate of drug-likeness (QED) is 0.359. The van der Waals surface area contributed by atoms with Crippen LogP contribution in [0.5, 0.6) is 11.5 Å². The van der Waals surface area contributed by atoms with Gasteiger partial charge in [-0.15, -0.1) is 11.3 Å². The molecule has 1 heterocycles. The number of amides is 2. The molecular weight excluding hydrogens is 436 g/mol. The van der Waals surface area contributed by atoms with Crippen molar-refractivity contribution in [2.45, 2.75) is 0 Å². The van der Waals surface area contributed by atoms with Gasteiger partial charge in [0.15, 0.2) is 0 Å². The largest absolute Gasteiger partial charge is 0.497 e. The summed E-state index contributed by atoms with van der Waals surface area (Å²) in [7, 11) is 3.23. The van der Waals surface area contributed by atoms with Crippen LogP contribution in [0.15, 0.2) is 84.2 Å². The van der Waals surface area contributed by atoms with Crippen LogP contribution in [0.25, 0.3) is 11.1 Å². The monoisotopic (exact) mass is 458 g/mol. The fourth-order valence-electron chi connectivity index (χ4n) is 3.29. The summed E-state index contributed by atoms with van der Waals surface area (Å²) in [6, 6.07) is 23.4. The predicted octanol–water partition coefficient (Wildman–Crippen LogP) is 5.94. The summed E-state index contributed by atoms with van der Waals surface area (Å²) >= 11 is 1.37. The molecule has 7 heteroatoms. The minimum atomic E-state index is -0.253. The summed E-state index contributed by atoms with van der Waals surface area (Å²) in [5, 5.41) is 7.59. The molecule has 0 aliphatic rings. The average molecular weight is 459 g/mol. The maximum Gasteiger partial charge on any atom is 0.265 e. The van der Waals surface area contributed by atoms with Crippen LogP contribution in [-0.2, 0) is 0 Å². The second-order valence-corrected chi connectivity index (χ2v) is 8.05. The number of anilines is 2. The average Bonchev–Trinajstić information content (AvgIpc) is 3.40. The van der Waals surface area contributed by atoms with E-state index in [-0.39, 0.29) is 11.8 Å². The zero-order chi connectivity index (χ0) is 23.2. The lowest BCUT2D eigenvalue weighted by atomic mass is 10.0. The van der Waals surface area contributed by atoms with E-state index in [2.05, 4.69) is 10.6 Å². The Morgan fingerprint density at radius 1 is 0.758 bits per heavy atom. The lowest BCUT2D eigenvalue weighted by Gasteiger charge is -2.13. The van der Waals surface area contributed by atoms with Gasteiger partial charge in [-0.2, -0.15) is 0 Å². The minimum Gasteiger partial charge on any atom is -0.497 e. The Hall–Kier alpha value is -4.10. The number of thiophene rings is 1. The van der Waals surface area contributed by atoms with Gasteiger partial charge in [0.1, 0.15) is 11.5 Å². The second kappa shape index (κ2) is 10.0. The first-order chi connectivity index (χ1) is 16.1. The first-order valence-corrected chi connectivity index (χ1v) is 11.0. The van der Waals surface area contributed by atoms with E-state index in [0.29, 0.717) is 27.6 Å². The highest BCUT2D eigenvalue weighted by molar-refractivity contribution is 7.12. The predicted molar refractivity (Wildman–Crippen MR) is 132 cm³/mol. The van der Waals surface area contributed by atoms with Gasteiger partial charge >= 0.3 is 0 Å².